The molecule has 1 saturated heterocycles. The van der Waals surface area contributed by atoms with Gasteiger partial charge in [-0.1, -0.05) is 41.9 Å². The molecule has 2 fully saturated rings. The number of thiazole rings is 1. The predicted octanol–water partition coefficient (Wildman–Crippen LogP) is 5.27. The minimum atomic E-state index is -0.794. The molecule has 42 heavy (non-hydrogen) atoms. The summed E-state index contributed by atoms with van der Waals surface area (Å²) in [5.74, 6) is 1.28. The zero-order chi connectivity index (χ0) is 29.4. The fraction of sp³-hybridized carbons (Fsp3) is 0.333. The van der Waals surface area contributed by atoms with Gasteiger partial charge in [-0.15, -0.1) is 11.3 Å². The molecule has 4 heterocycles. The Morgan fingerprint density at radius 2 is 1.79 bits per heavy atom. The Bertz CT molecular complexity index is 1600. The molecule has 1 N–H and O–H groups in total. The average molecular weight is 605 g/mol. The highest BCUT2D eigenvalue weighted by Crippen LogP contribution is 2.48. The SMILES string of the molecule is Cc1nc(-c2ncccn2)sc1C(=O)N1C[C@@H]2[C@H](C1)[C@H]2Oc1cc(C(C)(C)NC(=O)OCc2ccccc2)cc(Cl)n1. The number of aromatic nitrogens is 4. The number of carbonyl (C=O) groups is 2. The molecule has 6 rings (SSSR count). The first kappa shape index (κ1) is 28.0. The van der Waals surface area contributed by atoms with Crippen molar-refractivity contribution in [1.82, 2.24) is 30.2 Å². The van der Waals surface area contributed by atoms with E-state index in [2.05, 4.69) is 25.3 Å². The van der Waals surface area contributed by atoms with Crippen LogP contribution in [0, 0.1) is 18.8 Å². The zero-order valence-corrected chi connectivity index (χ0v) is 24.9. The number of alkyl carbamates (subject to hydrolysis) is 1. The summed E-state index contributed by atoms with van der Waals surface area (Å²) in [7, 11) is 0. The van der Waals surface area contributed by atoms with Crippen molar-refractivity contribution in [2.75, 3.05) is 13.1 Å². The molecule has 0 unspecified atom stereocenters. The maximum atomic E-state index is 13.3. The van der Waals surface area contributed by atoms with Gasteiger partial charge in [0.2, 0.25) is 5.88 Å². The lowest BCUT2D eigenvalue weighted by molar-refractivity contribution is 0.0755. The number of fused-ring (bicyclic) bond motifs is 1. The first-order chi connectivity index (χ1) is 20.2. The molecule has 0 spiro atoms. The zero-order valence-electron chi connectivity index (χ0n) is 23.3. The second kappa shape index (κ2) is 11.3. The van der Waals surface area contributed by atoms with E-state index in [-0.39, 0.29) is 35.6 Å². The van der Waals surface area contributed by atoms with Crippen LogP contribution in [0.15, 0.2) is 60.9 Å². The summed E-state index contributed by atoms with van der Waals surface area (Å²) in [6.45, 7) is 6.91. The number of rotatable bonds is 8. The molecule has 4 aromatic rings. The van der Waals surface area contributed by atoms with Gasteiger partial charge in [0.15, 0.2) is 10.8 Å². The van der Waals surface area contributed by atoms with Crippen LogP contribution in [-0.4, -0.2) is 56.0 Å². The fourth-order valence-electron chi connectivity index (χ4n) is 5.18. The number of hydrogen-bond acceptors (Lipinski definition) is 9. The molecule has 2 aliphatic rings. The van der Waals surface area contributed by atoms with Crippen molar-refractivity contribution in [2.45, 2.75) is 39.0 Å². The molecule has 1 aliphatic carbocycles. The lowest BCUT2D eigenvalue weighted by Gasteiger charge is -2.27. The number of piperidine rings is 1. The molecular weight excluding hydrogens is 576 g/mol. The van der Waals surface area contributed by atoms with Crippen LogP contribution in [0.4, 0.5) is 4.79 Å². The van der Waals surface area contributed by atoms with Crippen molar-refractivity contribution >= 4 is 34.9 Å². The number of nitrogens with zero attached hydrogens (tertiary/aromatic N) is 5. The highest BCUT2D eigenvalue weighted by atomic mass is 35.5. The van der Waals surface area contributed by atoms with Gasteiger partial charge >= 0.3 is 6.09 Å². The molecule has 216 valence electrons. The second-order valence-electron chi connectivity index (χ2n) is 11.0. The number of likely N-dealkylation sites (tertiary alicyclic amines) is 1. The summed E-state index contributed by atoms with van der Waals surface area (Å²) in [6.07, 6.45) is 2.71. The summed E-state index contributed by atoms with van der Waals surface area (Å²) < 4.78 is 11.6. The van der Waals surface area contributed by atoms with Crippen molar-refractivity contribution in [3.8, 4) is 16.7 Å². The summed E-state index contributed by atoms with van der Waals surface area (Å²) >= 11 is 7.67. The molecule has 2 amide bonds. The molecule has 3 atom stereocenters. The number of pyridine rings is 1. The number of ether oxygens (including phenoxy) is 2. The van der Waals surface area contributed by atoms with E-state index in [1.54, 1.807) is 30.6 Å². The third-order valence-electron chi connectivity index (χ3n) is 7.53. The molecule has 10 nitrogen and oxygen atoms in total. The van der Waals surface area contributed by atoms with Gasteiger partial charge < -0.3 is 19.7 Å². The van der Waals surface area contributed by atoms with Crippen LogP contribution in [-0.2, 0) is 16.9 Å². The van der Waals surface area contributed by atoms with Crippen molar-refractivity contribution < 1.29 is 19.1 Å². The third kappa shape index (κ3) is 5.93. The smallest absolute Gasteiger partial charge is 0.408 e. The minimum absolute atomic E-state index is 0.0340. The van der Waals surface area contributed by atoms with Crippen molar-refractivity contribution in [3.05, 3.63) is 87.8 Å². The van der Waals surface area contributed by atoms with E-state index in [0.29, 0.717) is 40.4 Å². The van der Waals surface area contributed by atoms with Gasteiger partial charge in [-0.3, -0.25) is 4.79 Å². The molecule has 1 saturated carbocycles. The summed E-state index contributed by atoms with van der Waals surface area (Å²) in [6, 6.07) is 14.7. The molecule has 1 aromatic carbocycles. The Balaban J connectivity index is 1.05. The van der Waals surface area contributed by atoms with Crippen molar-refractivity contribution in [2.24, 2.45) is 11.8 Å². The van der Waals surface area contributed by atoms with E-state index in [1.165, 1.54) is 11.3 Å². The first-order valence-electron chi connectivity index (χ1n) is 13.6. The van der Waals surface area contributed by atoms with Crippen LogP contribution in [0.25, 0.3) is 10.8 Å². The quantitative estimate of drug-likeness (QED) is 0.270. The van der Waals surface area contributed by atoms with Crippen LogP contribution in [0.3, 0.4) is 0 Å². The van der Waals surface area contributed by atoms with Gasteiger partial charge in [-0.25, -0.2) is 24.7 Å². The highest BCUT2D eigenvalue weighted by Gasteiger charge is 2.59. The Hall–Kier alpha value is -4.09. The van der Waals surface area contributed by atoms with E-state index in [1.807, 2.05) is 56.0 Å². The van der Waals surface area contributed by atoms with Crippen LogP contribution in [0.5, 0.6) is 5.88 Å². The number of aryl methyl sites for hydroxylation is 1. The number of hydrogen-bond donors (Lipinski definition) is 1. The lowest BCUT2D eigenvalue weighted by Crippen LogP contribution is -2.41. The lowest BCUT2D eigenvalue weighted by atomic mass is 9.95. The normalized spacial score (nSPS) is 19.2. The van der Waals surface area contributed by atoms with E-state index < -0.39 is 11.6 Å². The molecule has 12 heteroatoms. The second-order valence-corrected chi connectivity index (χ2v) is 12.3. The largest absolute Gasteiger partial charge is 0.474 e. The van der Waals surface area contributed by atoms with Gasteiger partial charge in [0.05, 0.1) is 11.2 Å². The van der Waals surface area contributed by atoms with Gasteiger partial charge in [0, 0.05) is 43.4 Å². The van der Waals surface area contributed by atoms with Crippen molar-refractivity contribution in [3.63, 3.8) is 0 Å². The first-order valence-corrected chi connectivity index (χ1v) is 14.7. The van der Waals surface area contributed by atoms with Crippen LogP contribution in [0.2, 0.25) is 5.15 Å². The number of carbonyl (C=O) groups excluding carboxylic acids is 2. The van der Waals surface area contributed by atoms with Crippen molar-refractivity contribution in [1.29, 1.82) is 0 Å². The molecule has 1 aliphatic heterocycles. The van der Waals surface area contributed by atoms with Gasteiger partial charge in [0.1, 0.15) is 22.7 Å². The predicted molar refractivity (Wildman–Crippen MR) is 157 cm³/mol. The maximum Gasteiger partial charge on any atom is 0.408 e. The summed E-state index contributed by atoms with van der Waals surface area (Å²) in [5, 5.41) is 3.79. The van der Waals surface area contributed by atoms with Gasteiger partial charge in [-0.05, 0) is 44.0 Å². The Labute approximate surface area is 252 Å². The Morgan fingerprint density at radius 3 is 2.50 bits per heavy atom. The van der Waals surface area contributed by atoms with E-state index in [0.717, 1.165) is 11.1 Å². The fourth-order valence-corrected chi connectivity index (χ4v) is 6.36. The van der Waals surface area contributed by atoms with E-state index in [4.69, 9.17) is 21.1 Å². The molecule has 0 bridgehead atoms. The van der Waals surface area contributed by atoms with Crippen LogP contribution in [0.1, 0.15) is 40.3 Å². The molecule has 3 aromatic heterocycles. The van der Waals surface area contributed by atoms with Crippen LogP contribution >= 0.6 is 22.9 Å². The van der Waals surface area contributed by atoms with Gasteiger partial charge in [0.25, 0.3) is 5.91 Å². The Kier molecular flexibility index (Phi) is 7.54. The monoisotopic (exact) mass is 604 g/mol. The van der Waals surface area contributed by atoms with E-state index >= 15 is 0 Å². The third-order valence-corrected chi connectivity index (χ3v) is 8.86. The maximum absolute atomic E-state index is 13.3. The Morgan fingerprint density at radius 1 is 1.07 bits per heavy atom. The average Bonchev–Trinajstić information content (AvgIpc) is 3.28. The standard InChI is InChI=1S/C30H29ClN6O4S/c1-17-25(42-27(34-17)26-32-10-7-11-33-26)28(38)37-14-20-21(15-37)24(20)41-23-13-19(12-22(31)35-23)30(2,3)36-29(39)40-16-18-8-5-4-6-9-18/h4-13,20-21,24H,14-16H2,1-3H3,(H,36,39)/t20-,21+,24+. The molecule has 0 radical (unpaired) electrons. The topological polar surface area (TPSA) is 119 Å². The van der Waals surface area contributed by atoms with E-state index in [9.17, 15) is 9.59 Å². The number of halogens is 1. The summed E-state index contributed by atoms with van der Waals surface area (Å²) in [5.41, 5.74) is 1.52. The van der Waals surface area contributed by atoms with Crippen LogP contribution < -0.4 is 10.1 Å². The molecular formula is C30H29ClN6O4S. The van der Waals surface area contributed by atoms with Gasteiger partial charge in [-0.2, -0.15) is 0 Å². The number of amides is 2. The number of benzene rings is 1. The summed E-state index contributed by atoms with van der Waals surface area (Å²) in [4.78, 5) is 45.6. The minimum Gasteiger partial charge on any atom is -0.474 e. The number of nitrogens with one attached hydrogen (secondary N) is 1. The highest BCUT2D eigenvalue weighted by molar-refractivity contribution is 7.17.